The van der Waals surface area contributed by atoms with Gasteiger partial charge in [0.05, 0.1) is 22.7 Å². The molecule has 0 atom stereocenters. The van der Waals surface area contributed by atoms with Crippen molar-refractivity contribution in [2.75, 3.05) is 0 Å². The van der Waals surface area contributed by atoms with E-state index in [0.717, 1.165) is 29.5 Å². The lowest BCUT2D eigenvalue weighted by atomic mass is 10.0. The highest BCUT2D eigenvalue weighted by molar-refractivity contribution is 6.09. The van der Waals surface area contributed by atoms with Crippen molar-refractivity contribution >= 4 is 46.1 Å². The van der Waals surface area contributed by atoms with Crippen LogP contribution in [-0.4, -0.2) is 4.57 Å². The molecule has 0 aliphatic carbocycles. The molecule has 0 amide bonds. The zero-order chi connectivity index (χ0) is 33.8. The molecule has 246 valence electrons. The predicted octanol–water partition coefficient (Wildman–Crippen LogP) is 13.2. The highest BCUT2D eigenvalue weighted by atomic mass is 15.0. The van der Waals surface area contributed by atoms with Crippen molar-refractivity contribution < 1.29 is 0 Å². The first-order chi connectivity index (χ1) is 24.1. The Bertz CT molecular complexity index is 2000. The average molecular weight is 641 g/mol. The molecule has 0 radical (unpaired) electrons. The smallest absolute Gasteiger partial charge is 0.0991 e. The second-order valence-corrected chi connectivity index (χ2v) is 13.3. The third-order valence-electron chi connectivity index (χ3n) is 9.60. The molecule has 1 aromatic heterocycles. The van der Waals surface area contributed by atoms with Gasteiger partial charge in [0.1, 0.15) is 0 Å². The van der Waals surface area contributed by atoms with E-state index in [1.54, 1.807) is 0 Å². The lowest BCUT2D eigenvalue weighted by molar-refractivity contribution is 0.667. The number of nitrogens with zero attached hydrogens (tertiary/aromatic N) is 2. The van der Waals surface area contributed by atoms with Crippen LogP contribution in [0.15, 0.2) is 109 Å². The van der Waals surface area contributed by atoms with Gasteiger partial charge in [0, 0.05) is 16.5 Å². The summed E-state index contributed by atoms with van der Waals surface area (Å²) in [5, 5.41) is 11.7. The summed E-state index contributed by atoms with van der Waals surface area (Å²) in [4.78, 5) is 0. The Morgan fingerprint density at radius 1 is 0.490 bits per heavy atom. The van der Waals surface area contributed by atoms with E-state index in [-0.39, 0.29) is 0 Å². The average Bonchev–Trinajstić information content (AvgIpc) is 3.47. The van der Waals surface area contributed by atoms with Crippen LogP contribution in [0.25, 0.3) is 51.8 Å². The third kappa shape index (κ3) is 8.67. The topological polar surface area (TPSA) is 28.7 Å². The van der Waals surface area contributed by atoms with E-state index in [2.05, 4.69) is 134 Å². The molecular weight excluding hydrogens is 593 g/mol. The largest absolute Gasteiger partial charge is 0.309 e. The first-order valence-corrected chi connectivity index (χ1v) is 18.3. The summed E-state index contributed by atoms with van der Waals surface area (Å²) in [5.74, 6) is 0. The fourth-order valence-corrected chi connectivity index (χ4v) is 6.72. The van der Waals surface area contributed by atoms with Gasteiger partial charge >= 0.3 is 0 Å². The van der Waals surface area contributed by atoms with Crippen LogP contribution >= 0.6 is 0 Å². The molecule has 49 heavy (non-hydrogen) atoms. The summed E-state index contributed by atoms with van der Waals surface area (Å²) in [7, 11) is 0. The zero-order valence-corrected chi connectivity index (χ0v) is 29.2. The van der Waals surface area contributed by atoms with Crippen LogP contribution in [0.4, 0.5) is 0 Å². The Morgan fingerprint density at radius 2 is 0.898 bits per heavy atom. The van der Waals surface area contributed by atoms with E-state index >= 15 is 0 Å². The van der Waals surface area contributed by atoms with Gasteiger partial charge in [0.15, 0.2) is 0 Å². The fourth-order valence-electron chi connectivity index (χ4n) is 6.72. The summed E-state index contributed by atoms with van der Waals surface area (Å²) in [6.45, 7) is 4.56. The van der Waals surface area contributed by atoms with Gasteiger partial charge in [-0.25, -0.2) is 0 Å². The summed E-state index contributed by atoms with van der Waals surface area (Å²) >= 11 is 0. The summed E-state index contributed by atoms with van der Waals surface area (Å²) < 4.78 is 2.45. The van der Waals surface area contributed by atoms with Crippen molar-refractivity contribution in [2.24, 2.45) is 0 Å². The van der Waals surface area contributed by atoms with Crippen LogP contribution in [0.2, 0.25) is 0 Å². The standard InChI is InChI=1S/C47H48N2/c1-3-5-7-9-11-40-27-31-46-44(33-40)45-34-41(12-10-8-6-4-2)28-32-47(45)49(46)43-29-25-39(26-30-43)20-19-37-15-13-36(14-16-37)17-18-38-21-23-42(35-48)24-22-38/h13-34H,3-12H2,1-2H3/b18-17+,20-19+. The summed E-state index contributed by atoms with van der Waals surface area (Å²) in [6.07, 6.45) is 21.2. The maximum Gasteiger partial charge on any atom is 0.0991 e. The third-order valence-corrected chi connectivity index (χ3v) is 9.60. The monoisotopic (exact) mass is 640 g/mol. The molecule has 0 N–H and O–H groups in total. The second kappa shape index (κ2) is 16.8. The van der Waals surface area contributed by atoms with Gasteiger partial charge in [0.25, 0.3) is 0 Å². The van der Waals surface area contributed by atoms with E-state index in [0.29, 0.717) is 5.56 Å². The van der Waals surface area contributed by atoms with Crippen LogP contribution in [0, 0.1) is 11.3 Å². The number of aromatic nitrogens is 1. The lowest BCUT2D eigenvalue weighted by Gasteiger charge is -2.09. The quantitative estimate of drug-likeness (QED) is 0.0811. The fraction of sp³-hybridized carbons (Fsp3) is 0.255. The second-order valence-electron chi connectivity index (χ2n) is 13.3. The molecule has 0 spiro atoms. The van der Waals surface area contributed by atoms with E-state index in [1.165, 1.54) is 95.6 Å². The summed E-state index contributed by atoms with van der Waals surface area (Å²) in [6, 6.07) is 41.7. The number of fused-ring (bicyclic) bond motifs is 3. The van der Waals surface area contributed by atoms with Crippen molar-refractivity contribution in [1.82, 2.24) is 4.57 Å². The summed E-state index contributed by atoms with van der Waals surface area (Å²) in [5.41, 5.74) is 11.9. The molecule has 6 aromatic rings. The molecule has 1 heterocycles. The van der Waals surface area contributed by atoms with Gasteiger partial charge < -0.3 is 4.57 Å². The van der Waals surface area contributed by atoms with E-state index in [4.69, 9.17) is 5.26 Å². The Kier molecular flexibility index (Phi) is 11.6. The Morgan fingerprint density at radius 3 is 1.31 bits per heavy atom. The minimum absolute atomic E-state index is 0.679. The zero-order valence-electron chi connectivity index (χ0n) is 29.2. The molecule has 0 fully saturated rings. The Hall–Kier alpha value is -5.13. The SMILES string of the molecule is CCCCCCc1ccc2c(c1)c1cc(CCCCCC)ccc1n2-c1ccc(/C=C/c2ccc(/C=C/c3ccc(C#N)cc3)cc2)cc1. The maximum atomic E-state index is 9.00. The lowest BCUT2D eigenvalue weighted by Crippen LogP contribution is -1.94. The number of hydrogen-bond donors (Lipinski definition) is 0. The molecule has 2 heteroatoms. The number of nitriles is 1. The van der Waals surface area contributed by atoms with E-state index in [1.807, 2.05) is 24.3 Å². The molecular formula is C47H48N2. The van der Waals surface area contributed by atoms with Crippen molar-refractivity contribution in [2.45, 2.75) is 78.1 Å². The van der Waals surface area contributed by atoms with Gasteiger partial charge in [-0.1, -0.05) is 137 Å². The van der Waals surface area contributed by atoms with Crippen LogP contribution in [0.1, 0.15) is 104 Å². The molecule has 0 unspecified atom stereocenters. The van der Waals surface area contributed by atoms with E-state index < -0.39 is 0 Å². The number of aryl methyl sites for hydroxylation is 2. The highest BCUT2D eigenvalue weighted by Gasteiger charge is 2.14. The molecule has 0 aliphatic heterocycles. The van der Waals surface area contributed by atoms with Crippen molar-refractivity contribution in [3.8, 4) is 11.8 Å². The number of benzene rings is 5. The number of unbranched alkanes of at least 4 members (excludes halogenated alkanes) is 6. The number of rotatable bonds is 15. The van der Waals surface area contributed by atoms with Crippen molar-refractivity contribution in [3.05, 3.63) is 148 Å². The Labute approximate surface area is 293 Å². The first kappa shape index (κ1) is 33.8. The van der Waals surface area contributed by atoms with Gasteiger partial charge in [-0.3, -0.25) is 0 Å². The van der Waals surface area contributed by atoms with Gasteiger partial charge in [-0.05, 0) is 108 Å². The minimum Gasteiger partial charge on any atom is -0.309 e. The van der Waals surface area contributed by atoms with Crippen LogP contribution < -0.4 is 0 Å². The molecule has 0 bridgehead atoms. The molecule has 0 saturated heterocycles. The molecule has 0 saturated carbocycles. The first-order valence-electron chi connectivity index (χ1n) is 18.3. The van der Waals surface area contributed by atoms with E-state index in [9.17, 15) is 0 Å². The molecule has 2 nitrogen and oxygen atoms in total. The predicted molar refractivity (Wildman–Crippen MR) is 212 cm³/mol. The van der Waals surface area contributed by atoms with Gasteiger partial charge in [-0.2, -0.15) is 5.26 Å². The van der Waals surface area contributed by atoms with Crippen molar-refractivity contribution in [1.29, 1.82) is 5.26 Å². The van der Waals surface area contributed by atoms with Crippen molar-refractivity contribution in [3.63, 3.8) is 0 Å². The van der Waals surface area contributed by atoms with Crippen LogP contribution in [0.3, 0.4) is 0 Å². The normalized spacial score (nSPS) is 11.7. The van der Waals surface area contributed by atoms with Gasteiger partial charge in [0.2, 0.25) is 0 Å². The maximum absolute atomic E-state index is 9.00. The van der Waals surface area contributed by atoms with Crippen LogP contribution in [-0.2, 0) is 12.8 Å². The number of hydrogen-bond acceptors (Lipinski definition) is 1. The highest BCUT2D eigenvalue weighted by Crippen LogP contribution is 2.34. The minimum atomic E-state index is 0.679. The Balaban J connectivity index is 1.21. The van der Waals surface area contributed by atoms with Crippen LogP contribution in [0.5, 0.6) is 0 Å². The molecule has 0 aliphatic rings. The van der Waals surface area contributed by atoms with Gasteiger partial charge in [-0.15, -0.1) is 0 Å². The molecule has 5 aromatic carbocycles. The molecule has 6 rings (SSSR count).